The summed E-state index contributed by atoms with van der Waals surface area (Å²) in [7, 11) is 0. The second kappa shape index (κ2) is 11.5. The molecule has 1 saturated heterocycles. The lowest BCUT2D eigenvalue weighted by molar-refractivity contribution is -0.120. The summed E-state index contributed by atoms with van der Waals surface area (Å²) in [5.41, 5.74) is 0.553. The van der Waals surface area contributed by atoms with Gasteiger partial charge in [0.1, 0.15) is 5.60 Å². The molecule has 0 spiro atoms. The Morgan fingerprint density at radius 2 is 1.69 bits per heavy atom. The molecule has 0 saturated carbocycles. The van der Waals surface area contributed by atoms with Crippen molar-refractivity contribution in [1.82, 2.24) is 16.0 Å². The molecule has 0 aromatic heterocycles. The highest BCUT2D eigenvalue weighted by Crippen LogP contribution is 2.12. The minimum absolute atomic E-state index is 0.102. The Hall–Kier alpha value is -2.09. The van der Waals surface area contributed by atoms with Gasteiger partial charge in [-0.25, -0.2) is 4.79 Å². The first-order chi connectivity index (χ1) is 12.3. The summed E-state index contributed by atoms with van der Waals surface area (Å²) in [5, 5.41) is 8.08. The monoisotopic (exact) mass is 369 g/mol. The van der Waals surface area contributed by atoms with Crippen molar-refractivity contribution in [2.45, 2.75) is 52.1 Å². The van der Waals surface area contributed by atoms with Crippen LogP contribution in [0.4, 0.5) is 4.79 Å². The van der Waals surface area contributed by atoms with E-state index in [9.17, 15) is 14.4 Å². The first-order valence-electron chi connectivity index (χ1n) is 9.05. The Kier molecular flexibility index (Phi) is 9.72. The molecule has 0 radical (unpaired) electrons. The molecule has 0 bridgehead atoms. The van der Waals surface area contributed by atoms with Crippen LogP contribution in [0.5, 0.6) is 0 Å². The highest BCUT2D eigenvalue weighted by atomic mass is 16.6. The van der Waals surface area contributed by atoms with Gasteiger partial charge in [0.25, 0.3) is 0 Å². The third-order valence-corrected chi connectivity index (χ3v) is 3.47. The van der Waals surface area contributed by atoms with Crippen molar-refractivity contribution in [3.63, 3.8) is 0 Å². The number of alkyl carbamates (subject to hydrolysis) is 1. The van der Waals surface area contributed by atoms with Gasteiger partial charge >= 0.3 is 6.09 Å². The Labute approximate surface area is 155 Å². The van der Waals surface area contributed by atoms with Crippen LogP contribution in [0.15, 0.2) is 11.6 Å². The molecule has 3 N–H and O–H groups in total. The number of hydrogen-bond acceptors (Lipinski definition) is 5. The van der Waals surface area contributed by atoms with Crippen molar-refractivity contribution in [2.24, 2.45) is 0 Å². The van der Waals surface area contributed by atoms with Crippen LogP contribution < -0.4 is 16.0 Å². The summed E-state index contributed by atoms with van der Waals surface area (Å²) in [6, 6.07) is 0. The average Bonchev–Trinajstić information content (AvgIpc) is 2.53. The van der Waals surface area contributed by atoms with Crippen LogP contribution in [0.2, 0.25) is 0 Å². The van der Waals surface area contributed by atoms with E-state index in [1.54, 1.807) is 26.8 Å². The molecule has 0 aromatic rings. The number of rotatable bonds is 8. The Morgan fingerprint density at radius 3 is 2.35 bits per heavy atom. The summed E-state index contributed by atoms with van der Waals surface area (Å²) >= 11 is 0. The van der Waals surface area contributed by atoms with Crippen LogP contribution in [-0.2, 0) is 19.1 Å². The van der Waals surface area contributed by atoms with Crippen molar-refractivity contribution in [3.05, 3.63) is 11.6 Å². The molecule has 1 fully saturated rings. The van der Waals surface area contributed by atoms with Crippen LogP contribution in [0.1, 0.15) is 46.5 Å². The zero-order chi connectivity index (χ0) is 19.4. The second-order valence-electron chi connectivity index (χ2n) is 7.09. The number of ether oxygens (including phenoxy) is 2. The maximum Gasteiger partial charge on any atom is 0.407 e. The minimum atomic E-state index is -0.558. The van der Waals surface area contributed by atoms with E-state index in [1.165, 1.54) is 0 Å². The molecular weight excluding hydrogens is 338 g/mol. The van der Waals surface area contributed by atoms with Gasteiger partial charge in [0.2, 0.25) is 11.8 Å². The van der Waals surface area contributed by atoms with Crippen molar-refractivity contribution in [2.75, 3.05) is 32.8 Å². The molecule has 0 unspecified atom stereocenters. The van der Waals surface area contributed by atoms with Crippen LogP contribution in [0.25, 0.3) is 0 Å². The average molecular weight is 369 g/mol. The predicted molar refractivity (Wildman–Crippen MR) is 97.6 cm³/mol. The summed E-state index contributed by atoms with van der Waals surface area (Å²) < 4.78 is 10.3. The molecule has 0 atom stereocenters. The third kappa shape index (κ3) is 11.5. The van der Waals surface area contributed by atoms with E-state index < -0.39 is 11.7 Å². The molecule has 3 amide bonds. The van der Waals surface area contributed by atoms with Gasteiger partial charge in [0.05, 0.1) is 13.2 Å². The van der Waals surface area contributed by atoms with Crippen LogP contribution in [0, 0.1) is 0 Å². The first kappa shape index (κ1) is 22.0. The number of amides is 3. The van der Waals surface area contributed by atoms with Crippen LogP contribution in [-0.4, -0.2) is 56.4 Å². The van der Waals surface area contributed by atoms with Crippen molar-refractivity contribution in [1.29, 1.82) is 0 Å². The Morgan fingerprint density at radius 1 is 1.04 bits per heavy atom. The van der Waals surface area contributed by atoms with Crippen LogP contribution in [0.3, 0.4) is 0 Å². The molecule has 8 heteroatoms. The summed E-state index contributed by atoms with van der Waals surface area (Å²) in [6.45, 7) is 7.86. The Bertz CT molecular complexity index is 503. The van der Waals surface area contributed by atoms with E-state index in [0.29, 0.717) is 32.7 Å². The lowest BCUT2D eigenvalue weighted by Gasteiger charge is -2.19. The maximum absolute atomic E-state index is 11.7. The molecule has 0 aliphatic carbocycles. The van der Waals surface area contributed by atoms with Crippen LogP contribution >= 0.6 is 0 Å². The first-order valence-corrected chi connectivity index (χ1v) is 9.05. The normalized spacial score (nSPS) is 14.3. The molecule has 148 valence electrons. The van der Waals surface area contributed by atoms with E-state index in [0.717, 1.165) is 18.4 Å². The predicted octanol–water partition coefficient (Wildman–Crippen LogP) is 1.26. The van der Waals surface area contributed by atoms with Crippen molar-refractivity contribution >= 4 is 17.9 Å². The summed E-state index contributed by atoms with van der Waals surface area (Å²) in [4.78, 5) is 34.8. The molecular formula is C18H31N3O5. The van der Waals surface area contributed by atoms with Crippen molar-refractivity contribution in [3.8, 4) is 0 Å². The topological polar surface area (TPSA) is 106 Å². The maximum atomic E-state index is 11.7. The van der Waals surface area contributed by atoms with Gasteiger partial charge in [-0.3, -0.25) is 9.59 Å². The fraction of sp³-hybridized carbons (Fsp3) is 0.722. The highest BCUT2D eigenvalue weighted by molar-refractivity contribution is 5.88. The van der Waals surface area contributed by atoms with Gasteiger partial charge in [-0.05, 0) is 40.0 Å². The number of carbonyl (C=O) groups excluding carboxylic acids is 3. The smallest absolute Gasteiger partial charge is 0.407 e. The van der Waals surface area contributed by atoms with E-state index in [4.69, 9.17) is 9.47 Å². The number of carbonyl (C=O) groups is 3. The minimum Gasteiger partial charge on any atom is -0.444 e. The molecule has 1 aliphatic heterocycles. The number of nitrogens with one attached hydrogen (secondary N) is 3. The van der Waals surface area contributed by atoms with Gasteiger partial charge in [-0.15, -0.1) is 0 Å². The zero-order valence-electron chi connectivity index (χ0n) is 16.0. The highest BCUT2D eigenvalue weighted by Gasteiger charge is 2.15. The third-order valence-electron chi connectivity index (χ3n) is 3.47. The summed E-state index contributed by atoms with van der Waals surface area (Å²) in [5.74, 6) is -0.258. The van der Waals surface area contributed by atoms with E-state index in [1.807, 2.05) is 0 Å². The molecule has 26 heavy (non-hydrogen) atoms. The van der Waals surface area contributed by atoms with Gasteiger partial charge in [0, 0.05) is 32.1 Å². The molecule has 8 nitrogen and oxygen atoms in total. The lowest BCUT2D eigenvalue weighted by atomic mass is 10.1. The zero-order valence-corrected chi connectivity index (χ0v) is 16.0. The largest absolute Gasteiger partial charge is 0.444 e. The molecule has 0 aromatic carbocycles. The van der Waals surface area contributed by atoms with E-state index >= 15 is 0 Å². The lowest BCUT2D eigenvalue weighted by Crippen LogP contribution is -2.35. The molecule has 1 heterocycles. The molecule has 1 rings (SSSR count). The second-order valence-corrected chi connectivity index (χ2v) is 7.09. The van der Waals surface area contributed by atoms with Gasteiger partial charge in [0.15, 0.2) is 0 Å². The Balaban J connectivity index is 2.02. The SMILES string of the molecule is CC(C)(C)OC(=O)NCCC(=O)NCCCNC(=O)C=C1CCOCC1. The van der Waals surface area contributed by atoms with Gasteiger partial charge < -0.3 is 25.4 Å². The fourth-order valence-corrected chi connectivity index (χ4v) is 2.22. The van der Waals surface area contributed by atoms with Gasteiger partial charge in [-0.1, -0.05) is 5.57 Å². The van der Waals surface area contributed by atoms with E-state index in [-0.39, 0.29) is 24.8 Å². The molecule has 1 aliphatic rings. The fourth-order valence-electron chi connectivity index (χ4n) is 2.22. The number of hydrogen-bond donors (Lipinski definition) is 3. The van der Waals surface area contributed by atoms with Crippen molar-refractivity contribution < 1.29 is 23.9 Å². The van der Waals surface area contributed by atoms with Gasteiger partial charge in [-0.2, -0.15) is 0 Å². The standard InChI is InChI=1S/C18H31N3O5/c1-18(2,3)26-17(24)21-10-5-15(22)19-8-4-9-20-16(23)13-14-6-11-25-12-7-14/h13H,4-12H2,1-3H3,(H,19,22)(H,20,23)(H,21,24). The quantitative estimate of drug-likeness (QED) is 0.441. The summed E-state index contributed by atoms with van der Waals surface area (Å²) in [6.07, 6.45) is 3.54. The van der Waals surface area contributed by atoms with E-state index in [2.05, 4.69) is 16.0 Å².